The second-order valence-corrected chi connectivity index (χ2v) is 6.39. The zero-order valence-electron chi connectivity index (χ0n) is 14.7. The minimum atomic E-state index is -0.648. The number of hydrogen-bond donors (Lipinski definition) is 1. The summed E-state index contributed by atoms with van der Waals surface area (Å²) in [5.41, 5.74) is 0.570. The molecule has 0 bridgehead atoms. The molecule has 9 heteroatoms. The molecule has 0 saturated carbocycles. The first-order valence-corrected chi connectivity index (χ1v) is 9.40. The maximum Gasteiger partial charge on any atom is 0.268 e. The van der Waals surface area contributed by atoms with Gasteiger partial charge in [0, 0.05) is 6.42 Å². The number of carbonyl (C=O) groups excluding carboxylic acids is 2. The van der Waals surface area contributed by atoms with Gasteiger partial charge in [-0.2, -0.15) is 9.97 Å². The number of amides is 2. The molecule has 0 unspecified atom stereocenters. The minimum Gasteiger partial charge on any atom is -0.479 e. The number of carbonyl (C=O) groups is 2. The topological polar surface area (TPSA) is 97.3 Å². The first kappa shape index (κ1) is 18.1. The van der Waals surface area contributed by atoms with E-state index in [4.69, 9.17) is 4.74 Å². The van der Waals surface area contributed by atoms with Gasteiger partial charge in [0.15, 0.2) is 11.3 Å². The van der Waals surface area contributed by atoms with Gasteiger partial charge in [-0.25, -0.2) is 4.98 Å². The number of nitrogens with zero attached hydrogens (tertiary/aromatic N) is 4. The fraction of sp³-hybridized carbons (Fsp3) is 0.353. The third-order valence-corrected chi connectivity index (χ3v) is 4.33. The molecule has 1 aliphatic heterocycles. The largest absolute Gasteiger partial charge is 0.479 e. The average Bonchev–Trinajstić information content (AvgIpc) is 2.65. The Hall–Kier alpha value is -2.68. The summed E-state index contributed by atoms with van der Waals surface area (Å²) in [5.74, 6) is 0.705. The van der Waals surface area contributed by atoms with Crippen LogP contribution >= 0.6 is 11.8 Å². The molecule has 1 N–H and O–H groups in total. The molecule has 1 aromatic carbocycles. The molecule has 0 spiro atoms. The fourth-order valence-electron chi connectivity index (χ4n) is 2.53. The standard InChI is InChI=1S/C17H19N5O3S/c1-4-13-18-16(21-17(19-13)26-3)20-14(23)9-22-11-7-5-6-8-12(11)25-10(2)15(22)24/h5-8,10H,4,9H2,1-3H3,(H,18,19,20,21,23)/t10-/m1/s1. The lowest BCUT2D eigenvalue weighted by molar-refractivity contribution is -0.127. The number of benzene rings is 1. The van der Waals surface area contributed by atoms with Gasteiger partial charge < -0.3 is 4.74 Å². The summed E-state index contributed by atoms with van der Waals surface area (Å²) in [5, 5.41) is 3.19. The molecule has 0 fully saturated rings. The summed E-state index contributed by atoms with van der Waals surface area (Å²) in [6, 6.07) is 7.13. The van der Waals surface area contributed by atoms with Crippen molar-refractivity contribution < 1.29 is 14.3 Å². The highest BCUT2D eigenvalue weighted by Crippen LogP contribution is 2.33. The molecule has 0 radical (unpaired) electrons. The highest BCUT2D eigenvalue weighted by Gasteiger charge is 2.32. The van der Waals surface area contributed by atoms with Crippen molar-refractivity contribution in [2.45, 2.75) is 31.5 Å². The molecular formula is C17H19N5O3S. The fourth-order valence-corrected chi connectivity index (χ4v) is 2.91. The molecule has 0 saturated heterocycles. The number of aryl methyl sites for hydroxylation is 1. The number of ether oxygens (including phenoxy) is 1. The van der Waals surface area contributed by atoms with Crippen molar-refractivity contribution in [1.82, 2.24) is 15.0 Å². The highest BCUT2D eigenvalue weighted by atomic mass is 32.2. The molecule has 1 aromatic heterocycles. The Morgan fingerprint density at radius 1 is 1.31 bits per heavy atom. The van der Waals surface area contributed by atoms with Crippen LogP contribution in [0.25, 0.3) is 0 Å². The number of fused-ring (bicyclic) bond motifs is 1. The summed E-state index contributed by atoms with van der Waals surface area (Å²) in [6.45, 7) is 3.44. The number of rotatable bonds is 5. The first-order valence-electron chi connectivity index (χ1n) is 8.17. The molecule has 3 rings (SSSR count). The third kappa shape index (κ3) is 3.77. The van der Waals surface area contributed by atoms with Crippen LogP contribution in [0.3, 0.4) is 0 Å². The number of aromatic nitrogens is 3. The van der Waals surface area contributed by atoms with Crippen molar-refractivity contribution in [1.29, 1.82) is 0 Å². The van der Waals surface area contributed by atoms with Crippen LogP contribution in [0.15, 0.2) is 29.4 Å². The molecule has 1 aliphatic rings. The summed E-state index contributed by atoms with van der Waals surface area (Å²) in [4.78, 5) is 39.0. The van der Waals surface area contributed by atoms with Gasteiger partial charge in [-0.3, -0.25) is 19.8 Å². The van der Waals surface area contributed by atoms with Gasteiger partial charge in [0.25, 0.3) is 5.91 Å². The smallest absolute Gasteiger partial charge is 0.268 e. The van der Waals surface area contributed by atoms with Crippen LogP contribution in [0.1, 0.15) is 19.7 Å². The maximum absolute atomic E-state index is 12.5. The molecule has 2 aromatic rings. The molecule has 0 aliphatic carbocycles. The lowest BCUT2D eigenvalue weighted by atomic mass is 10.2. The van der Waals surface area contributed by atoms with E-state index in [1.807, 2.05) is 19.2 Å². The molecule has 8 nitrogen and oxygen atoms in total. The Kier molecular flexibility index (Phi) is 5.36. The molecular weight excluding hydrogens is 354 g/mol. The molecule has 2 heterocycles. The van der Waals surface area contributed by atoms with Gasteiger partial charge in [-0.15, -0.1) is 0 Å². The Morgan fingerprint density at radius 2 is 2.08 bits per heavy atom. The van der Waals surface area contributed by atoms with E-state index in [1.54, 1.807) is 25.1 Å². The monoisotopic (exact) mass is 373 g/mol. The summed E-state index contributed by atoms with van der Waals surface area (Å²) >= 11 is 1.37. The number of para-hydroxylation sites is 2. The third-order valence-electron chi connectivity index (χ3n) is 3.79. The van der Waals surface area contributed by atoms with Gasteiger partial charge in [0.2, 0.25) is 11.9 Å². The lowest BCUT2D eigenvalue weighted by Gasteiger charge is -2.32. The summed E-state index contributed by atoms with van der Waals surface area (Å²) in [6.07, 6.45) is 1.83. The SMILES string of the molecule is CCc1nc(NC(=O)CN2C(=O)[C@@H](C)Oc3ccccc32)nc(SC)n1. The molecule has 26 heavy (non-hydrogen) atoms. The van der Waals surface area contributed by atoms with Crippen molar-refractivity contribution in [3.05, 3.63) is 30.1 Å². The van der Waals surface area contributed by atoms with E-state index in [0.717, 1.165) is 0 Å². The van der Waals surface area contributed by atoms with Crippen LogP contribution in [-0.2, 0) is 16.0 Å². The van der Waals surface area contributed by atoms with Gasteiger partial charge in [-0.1, -0.05) is 30.8 Å². The Balaban J connectivity index is 1.79. The van der Waals surface area contributed by atoms with Crippen molar-refractivity contribution in [2.24, 2.45) is 0 Å². The Bertz CT molecular complexity index is 823. The van der Waals surface area contributed by atoms with Crippen molar-refractivity contribution in [2.75, 3.05) is 23.0 Å². The van der Waals surface area contributed by atoms with Crippen LogP contribution in [0, 0.1) is 0 Å². The quantitative estimate of drug-likeness (QED) is 0.800. The Labute approximate surface area is 155 Å². The van der Waals surface area contributed by atoms with E-state index in [-0.39, 0.29) is 24.3 Å². The maximum atomic E-state index is 12.5. The van der Waals surface area contributed by atoms with E-state index >= 15 is 0 Å². The normalized spacial score (nSPS) is 16.0. The minimum absolute atomic E-state index is 0.148. The average molecular weight is 373 g/mol. The van der Waals surface area contributed by atoms with Crippen LogP contribution in [0.5, 0.6) is 5.75 Å². The highest BCUT2D eigenvalue weighted by molar-refractivity contribution is 7.98. The Morgan fingerprint density at radius 3 is 2.81 bits per heavy atom. The van der Waals surface area contributed by atoms with Crippen LogP contribution in [0.4, 0.5) is 11.6 Å². The number of nitrogens with one attached hydrogen (secondary N) is 1. The van der Waals surface area contributed by atoms with Crippen LogP contribution in [-0.4, -0.2) is 45.7 Å². The summed E-state index contributed by atoms with van der Waals surface area (Å²) in [7, 11) is 0. The number of hydrogen-bond acceptors (Lipinski definition) is 7. The predicted octanol–water partition coefficient (Wildman–Crippen LogP) is 1.91. The summed E-state index contributed by atoms with van der Waals surface area (Å²) < 4.78 is 5.58. The lowest BCUT2D eigenvalue weighted by Crippen LogP contribution is -2.47. The number of anilines is 2. The van der Waals surface area contributed by atoms with Gasteiger partial charge in [0.05, 0.1) is 5.69 Å². The van der Waals surface area contributed by atoms with Gasteiger partial charge in [-0.05, 0) is 25.3 Å². The van der Waals surface area contributed by atoms with E-state index in [9.17, 15) is 9.59 Å². The van der Waals surface area contributed by atoms with E-state index in [1.165, 1.54) is 16.7 Å². The zero-order valence-corrected chi connectivity index (χ0v) is 15.5. The molecule has 2 amide bonds. The second kappa shape index (κ2) is 7.69. The van der Waals surface area contributed by atoms with Gasteiger partial charge >= 0.3 is 0 Å². The molecule has 136 valence electrons. The van der Waals surface area contributed by atoms with Crippen molar-refractivity contribution in [3.63, 3.8) is 0 Å². The predicted molar refractivity (Wildman–Crippen MR) is 98.5 cm³/mol. The van der Waals surface area contributed by atoms with E-state index < -0.39 is 6.10 Å². The van der Waals surface area contributed by atoms with E-state index in [2.05, 4.69) is 20.3 Å². The van der Waals surface area contributed by atoms with Crippen LogP contribution in [0.2, 0.25) is 0 Å². The zero-order chi connectivity index (χ0) is 18.7. The van der Waals surface area contributed by atoms with Crippen molar-refractivity contribution >= 4 is 35.2 Å². The van der Waals surface area contributed by atoms with E-state index in [0.29, 0.717) is 28.8 Å². The van der Waals surface area contributed by atoms with Crippen molar-refractivity contribution in [3.8, 4) is 5.75 Å². The van der Waals surface area contributed by atoms with Gasteiger partial charge in [0.1, 0.15) is 18.1 Å². The molecule has 1 atom stereocenters. The first-order chi connectivity index (χ1) is 12.5. The second-order valence-electron chi connectivity index (χ2n) is 5.62. The number of thioether (sulfide) groups is 1. The van der Waals surface area contributed by atoms with Crippen LogP contribution < -0.4 is 15.0 Å².